The van der Waals surface area contributed by atoms with E-state index in [1.807, 2.05) is 32.0 Å². The van der Waals surface area contributed by atoms with Gasteiger partial charge in [-0.1, -0.05) is 17.3 Å². The molecule has 0 radical (unpaired) electrons. The van der Waals surface area contributed by atoms with E-state index in [1.165, 1.54) is 18.5 Å². The molecule has 1 N–H and O–H groups in total. The summed E-state index contributed by atoms with van der Waals surface area (Å²) in [6.45, 7) is 3.65. The number of amides is 1. The van der Waals surface area contributed by atoms with Gasteiger partial charge in [0.15, 0.2) is 6.61 Å². The van der Waals surface area contributed by atoms with Gasteiger partial charge in [-0.15, -0.1) is 0 Å². The van der Waals surface area contributed by atoms with Crippen molar-refractivity contribution in [3.05, 3.63) is 65.7 Å². The van der Waals surface area contributed by atoms with E-state index in [1.54, 1.807) is 12.1 Å². The Hall–Kier alpha value is -3.81. The number of benzene rings is 2. The molecule has 146 valence electrons. The van der Waals surface area contributed by atoms with Crippen LogP contribution < -0.4 is 10.1 Å². The third-order valence-corrected chi connectivity index (χ3v) is 4.57. The van der Waals surface area contributed by atoms with Crippen LogP contribution in [0.2, 0.25) is 0 Å². The number of rotatable bonds is 5. The fourth-order valence-electron chi connectivity index (χ4n) is 2.88. The van der Waals surface area contributed by atoms with Gasteiger partial charge in [-0.2, -0.15) is 4.98 Å². The van der Waals surface area contributed by atoms with Gasteiger partial charge in [0.05, 0.1) is 0 Å². The van der Waals surface area contributed by atoms with Crippen LogP contribution in [0.3, 0.4) is 0 Å². The van der Waals surface area contributed by atoms with Gasteiger partial charge in [-0.3, -0.25) is 4.79 Å². The Balaban J connectivity index is 1.56. The highest BCUT2D eigenvalue weighted by molar-refractivity contribution is 5.95. The Morgan fingerprint density at radius 2 is 1.93 bits per heavy atom. The van der Waals surface area contributed by atoms with E-state index >= 15 is 0 Å². The van der Waals surface area contributed by atoms with E-state index < -0.39 is 0 Å². The summed E-state index contributed by atoms with van der Waals surface area (Å²) in [7, 11) is 0. The first-order chi connectivity index (χ1) is 14.0. The third kappa shape index (κ3) is 3.77. The molecule has 0 bridgehead atoms. The fraction of sp³-hybridized carbons (Fsp3) is 0.143. The Labute approximate surface area is 165 Å². The third-order valence-electron chi connectivity index (χ3n) is 4.57. The van der Waals surface area contributed by atoms with Crippen LogP contribution in [0.4, 0.5) is 10.1 Å². The van der Waals surface area contributed by atoms with Gasteiger partial charge >= 0.3 is 0 Å². The highest BCUT2D eigenvalue weighted by Gasteiger charge is 2.19. The molecule has 2 heterocycles. The Morgan fingerprint density at radius 3 is 2.72 bits per heavy atom. The normalized spacial score (nSPS) is 10.9. The molecule has 0 spiro atoms. The summed E-state index contributed by atoms with van der Waals surface area (Å²) in [4.78, 5) is 20.5. The average molecular weight is 392 g/mol. The molecule has 2 aromatic heterocycles. The number of hydrogen-bond acceptors (Lipinski definition) is 6. The van der Waals surface area contributed by atoms with Crippen molar-refractivity contribution >= 4 is 22.7 Å². The van der Waals surface area contributed by atoms with Gasteiger partial charge in [-0.25, -0.2) is 9.37 Å². The Kier molecular flexibility index (Phi) is 4.90. The molecule has 4 aromatic rings. The molecule has 8 heteroatoms. The van der Waals surface area contributed by atoms with Gasteiger partial charge < -0.3 is 14.6 Å². The highest BCUT2D eigenvalue weighted by atomic mass is 19.1. The van der Waals surface area contributed by atoms with Crippen molar-refractivity contribution in [1.82, 2.24) is 15.1 Å². The first kappa shape index (κ1) is 18.5. The second kappa shape index (κ2) is 7.67. The van der Waals surface area contributed by atoms with Crippen molar-refractivity contribution in [2.24, 2.45) is 0 Å². The summed E-state index contributed by atoms with van der Waals surface area (Å²) in [6.07, 6.45) is 1.26. The minimum atomic E-state index is -0.364. The topological polar surface area (TPSA) is 90.1 Å². The van der Waals surface area contributed by atoms with E-state index in [-0.39, 0.29) is 29.9 Å². The maximum Gasteiger partial charge on any atom is 0.265 e. The van der Waals surface area contributed by atoms with Crippen molar-refractivity contribution in [1.29, 1.82) is 0 Å². The molecule has 2 aromatic carbocycles. The summed E-state index contributed by atoms with van der Waals surface area (Å²) in [5.74, 6) is -0.533. The Bertz CT molecular complexity index is 1190. The van der Waals surface area contributed by atoms with Crippen molar-refractivity contribution < 1.29 is 18.4 Å². The summed E-state index contributed by atoms with van der Waals surface area (Å²) in [6, 6.07) is 11.4. The molecule has 0 saturated heterocycles. The van der Waals surface area contributed by atoms with Crippen LogP contribution in [0.1, 0.15) is 11.1 Å². The number of aromatic nitrogens is 3. The van der Waals surface area contributed by atoms with Crippen LogP contribution >= 0.6 is 0 Å². The van der Waals surface area contributed by atoms with E-state index in [4.69, 9.17) is 9.26 Å². The molecule has 1 amide bonds. The van der Waals surface area contributed by atoms with Crippen LogP contribution in [0.15, 0.2) is 53.3 Å². The number of hydrogen-bond donors (Lipinski definition) is 1. The van der Waals surface area contributed by atoms with Crippen LogP contribution in [0.25, 0.3) is 22.4 Å². The van der Waals surface area contributed by atoms with Crippen LogP contribution in [0, 0.1) is 19.7 Å². The molecule has 0 unspecified atom stereocenters. The van der Waals surface area contributed by atoms with Crippen molar-refractivity contribution in [3.63, 3.8) is 0 Å². The lowest BCUT2D eigenvalue weighted by molar-refractivity contribution is -0.118. The van der Waals surface area contributed by atoms with Crippen LogP contribution in [-0.2, 0) is 4.79 Å². The monoisotopic (exact) mass is 392 g/mol. The molecule has 0 aliphatic heterocycles. The van der Waals surface area contributed by atoms with E-state index in [2.05, 4.69) is 20.4 Å². The van der Waals surface area contributed by atoms with E-state index in [0.29, 0.717) is 16.6 Å². The zero-order chi connectivity index (χ0) is 20.4. The highest BCUT2D eigenvalue weighted by Crippen LogP contribution is 2.32. The predicted octanol–water partition coefficient (Wildman–Crippen LogP) is 4.06. The number of carbonyl (C=O) groups excluding carboxylic acids is 1. The van der Waals surface area contributed by atoms with Crippen molar-refractivity contribution in [3.8, 4) is 17.1 Å². The lowest BCUT2D eigenvalue weighted by Crippen LogP contribution is -2.21. The molecule has 0 aliphatic carbocycles. The minimum Gasteiger partial charge on any atom is -0.467 e. The van der Waals surface area contributed by atoms with Crippen molar-refractivity contribution in [2.75, 3.05) is 11.9 Å². The maximum absolute atomic E-state index is 13.2. The van der Waals surface area contributed by atoms with Gasteiger partial charge in [0, 0.05) is 11.3 Å². The van der Waals surface area contributed by atoms with Gasteiger partial charge in [-0.05, 0) is 55.3 Å². The van der Waals surface area contributed by atoms with Gasteiger partial charge in [0.2, 0.25) is 5.88 Å². The summed E-state index contributed by atoms with van der Waals surface area (Å²) in [5.41, 5.74) is 4.03. The molecule has 0 aliphatic rings. The molecular formula is C21H17FN4O3. The number of halogens is 1. The molecular weight excluding hydrogens is 375 g/mol. The Morgan fingerprint density at radius 1 is 1.14 bits per heavy atom. The average Bonchev–Trinajstić information content (AvgIpc) is 3.15. The lowest BCUT2D eigenvalue weighted by atomic mass is 10.1. The molecule has 0 atom stereocenters. The molecule has 4 rings (SSSR count). The summed E-state index contributed by atoms with van der Waals surface area (Å²) >= 11 is 0. The van der Waals surface area contributed by atoms with Crippen molar-refractivity contribution in [2.45, 2.75) is 13.8 Å². The fourth-order valence-corrected chi connectivity index (χ4v) is 2.88. The molecule has 29 heavy (non-hydrogen) atoms. The van der Waals surface area contributed by atoms with Gasteiger partial charge in [0.1, 0.15) is 23.2 Å². The van der Waals surface area contributed by atoms with E-state index in [0.717, 1.165) is 16.8 Å². The maximum atomic E-state index is 13.2. The molecule has 7 nitrogen and oxygen atoms in total. The van der Waals surface area contributed by atoms with Crippen LogP contribution in [0.5, 0.6) is 5.88 Å². The lowest BCUT2D eigenvalue weighted by Gasteiger charge is -2.11. The SMILES string of the molecule is Cc1cccc(NC(=O)COc2ncnc3onc(-c4ccc(F)cc4)c23)c1C. The van der Waals surface area contributed by atoms with Gasteiger partial charge in [0.25, 0.3) is 11.6 Å². The molecule has 0 saturated carbocycles. The smallest absolute Gasteiger partial charge is 0.265 e. The summed E-state index contributed by atoms with van der Waals surface area (Å²) < 4.78 is 24.1. The zero-order valence-electron chi connectivity index (χ0n) is 15.8. The summed E-state index contributed by atoms with van der Waals surface area (Å²) in [5, 5.41) is 7.23. The number of carbonyl (C=O) groups is 1. The number of anilines is 1. The number of nitrogens with zero attached hydrogens (tertiary/aromatic N) is 3. The second-order valence-electron chi connectivity index (χ2n) is 6.48. The number of nitrogens with one attached hydrogen (secondary N) is 1. The first-order valence-electron chi connectivity index (χ1n) is 8.88. The largest absolute Gasteiger partial charge is 0.467 e. The second-order valence-corrected chi connectivity index (χ2v) is 6.48. The standard InChI is InChI=1S/C21H17FN4O3/c1-12-4-3-5-16(13(12)2)25-17(27)10-28-20-18-19(14-6-8-15(22)9-7-14)26-29-21(18)24-11-23-20/h3-9,11H,10H2,1-2H3,(H,25,27). The number of fused-ring (bicyclic) bond motifs is 1. The number of ether oxygens (including phenoxy) is 1. The number of aryl methyl sites for hydroxylation is 1. The minimum absolute atomic E-state index is 0.159. The zero-order valence-corrected chi connectivity index (χ0v) is 15.8. The first-order valence-corrected chi connectivity index (χ1v) is 8.88. The quantitative estimate of drug-likeness (QED) is 0.551. The van der Waals surface area contributed by atoms with E-state index in [9.17, 15) is 9.18 Å². The molecule has 0 fully saturated rings. The predicted molar refractivity (Wildman–Crippen MR) is 105 cm³/mol. The van der Waals surface area contributed by atoms with Crippen LogP contribution in [-0.4, -0.2) is 27.6 Å².